The zero-order valence-electron chi connectivity index (χ0n) is 13.4. The molecule has 2 aliphatic heterocycles. The van der Waals surface area contributed by atoms with E-state index in [2.05, 4.69) is 24.1 Å². The summed E-state index contributed by atoms with van der Waals surface area (Å²) < 4.78 is 0. The van der Waals surface area contributed by atoms with Gasteiger partial charge < -0.3 is 10.2 Å². The molecule has 2 fully saturated rings. The minimum atomic E-state index is 0.270. The Morgan fingerprint density at radius 2 is 1.90 bits per heavy atom. The first-order valence-electron chi connectivity index (χ1n) is 8.81. The zero-order valence-corrected chi connectivity index (χ0v) is 13.4. The number of nitrogens with one attached hydrogen (secondary N) is 1. The molecule has 2 rings (SSSR count). The summed E-state index contributed by atoms with van der Waals surface area (Å²) in [6.45, 7) is 6.52. The number of piperidine rings is 1. The third-order valence-corrected chi connectivity index (χ3v) is 5.02. The van der Waals surface area contributed by atoms with Crippen molar-refractivity contribution in [3.63, 3.8) is 0 Å². The minimum absolute atomic E-state index is 0.270. The van der Waals surface area contributed by atoms with Crippen LogP contribution in [-0.4, -0.2) is 36.0 Å². The summed E-state index contributed by atoms with van der Waals surface area (Å²) in [5.74, 6) is 0.721. The van der Waals surface area contributed by atoms with Crippen LogP contribution >= 0.6 is 0 Å². The number of likely N-dealkylation sites (tertiary alicyclic amines) is 1. The Morgan fingerprint density at radius 3 is 2.50 bits per heavy atom. The maximum absolute atomic E-state index is 12.9. The highest BCUT2D eigenvalue weighted by Crippen LogP contribution is 2.27. The van der Waals surface area contributed by atoms with Gasteiger partial charge in [-0.25, -0.2) is 0 Å². The van der Waals surface area contributed by atoms with Crippen molar-refractivity contribution in [1.82, 2.24) is 10.2 Å². The highest BCUT2D eigenvalue weighted by molar-refractivity contribution is 5.79. The van der Waals surface area contributed by atoms with Crippen LogP contribution < -0.4 is 5.32 Å². The van der Waals surface area contributed by atoms with Gasteiger partial charge in [0.05, 0.1) is 0 Å². The Labute approximate surface area is 124 Å². The molecule has 1 N–H and O–H groups in total. The van der Waals surface area contributed by atoms with E-state index in [-0.39, 0.29) is 5.92 Å². The molecule has 0 radical (unpaired) electrons. The summed E-state index contributed by atoms with van der Waals surface area (Å²) in [7, 11) is 0. The molecule has 0 aromatic rings. The zero-order chi connectivity index (χ0) is 14.4. The fourth-order valence-corrected chi connectivity index (χ4v) is 4.01. The van der Waals surface area contributed by atoms with Gasteiger partial charge >= 0.3 is 0 Å². The third-order valence-electron chi connectivity index (χ3n) is 5.02. The standard InChI is InChI=1S/C17H32N2O/c1-3-8-14(9-4-2)17(20)19-13-6-5-11-16(19)15-10-7-12-18-15/h14-16,18H,3-13H2,1-2H3. The predicted molar refractivity (Wildman–Crippen MR) is 83.7 cm³/mol. The molecule has 1 amide bonds. The molecule has 0 aromatic carbocycles. The van der Waals surface area contributed by atoms with Gasteiger partial charge in [-0.3, -0.25) is 4.79 Å². The van der Waals surface area contributed by atoms with Gasteiger partial charge in [0.25, 0.3) is 0 Å². The van der Waals surface area contributed by atoms with E-state index in [0.29, 0.717) is 18.0 Å². The van der Waals surface area contributed by atoms with Crippen molar-refractivity contribution < 1.29 is 4.79 Å². The van der Waals surface area contributed by atoms with Crippen LogP contribution in [0.25, 0.3) is 0 Å². The minimum Gasteiger partial charge on any atom is -0.338 e. The van der Waals surface area contributed by atoms with Gasteiger partial charge in [0.2, 0.25) is 5.91 Å². The molecule has 0 bridgehead atoms. The molecule has 0 saturated carbocycles. The van der Waals surface area contributed by atoms with Gasteiger partial charge in [-0.15, -0.1) is 0 Å². The monoisotopic (exact) mass is 280 g/mol. The summed E-state index contributed by atoms with van der Waals surface area (Å²) in [6.07, 6.45) is 10.6. The molecule has 116 valence electrons. The molecular formula is C17H32N2O. The van der Waals surface area contributed by atoms with Gasteiger partial charge in [0, 0.05) is 24.5 Å². The second-order valence-corrected chi connectivity index (χ2v) is 6.57. The average molecular weight is 280 g/mol. The first kappa shape index (κ1) is 15.8. The van der Waals surface area contributed by atoms with Crippen LogP contribution in [0, 0.1) is 5.92 Å². The quantitative estimate of drug-likeness (QED) is 0.809. The van der Waals surface area contributed by atoms with Crippen LogP contribution in [0.4, 0.5) is 0 Å². The topological polar surface area (TPSA) is 32.3 Å². The molecule has 3 heteroatoms. The molecular weight excluding hydrogens is 248 g/mol. The fraction of sp³-hybridized carbons (Fsp3) is 0.941. The number of hydrogen-bond acceptors (Lipinski definition) is 2. The molecule has 2 atom stereocenters. The van der Waals surface area contributed by atoms with Crippen molar-refractivity contribution >= 4 is 5.91 Å². The van der Waals surface area contributed by atoms with Gasteiger partial charge in [-0.05, 0) is 51.5 Å². The van der Waals surface area contributed by atoms with Crippen LogP contribution in [0.5, 0.6) is 0 Å². The SMILES string of the molecule is CCCC(CCC)C(=O)N1CCCCC1C1CCCN1. The van der Waals surface area contributed by atoms with Crippen molar-refractivity contribution in [3.8, 4) is 0 Å². The van der Waals surface area contributed by atoms with E-state index >= 15 is 0 Å². The van der Waals surface area contributed by atoms with E-state index in [1.165, 1.54) is 32.1 Å². The van der Waals surface area contributed by atoms with Gasteiger partial charge in [0.1, 0.15) is 0 Å². The Balaban J connectivity index is 2.03. The van der Waals surface area contributed by atoms with Crippen LogP contribution in [0.2, 0.25) is 0 Å². The van der Waals surface area contributed by atoms with E-state index < -0.39 is 0 Å². The Morgan fingerprint density at radius 1 is 1.15 bits per heavy atom. The molecule has 2 heterocycles. The number of amides is 1. The lowest BCUT2D eigenvalue weighted by Crippen LogP contribution is -2.54. The molecule has 2 unspecified atom stereocenters. The Hall–Kier alpha value is -0.570. The second-order valence-electron chi connectivity index (χ2n) is 6.57. The third kappa shape index (κ3) is 3.75. The Bertz CT molecular complexity index is 293. The molecule has 2 saturated heterocycles. The van der Waals surface area contributed by atoms with Gasteiger partial charge in [0.15, 0.2) is 0 Å². The fourth-order valence-electron chi connectivity index (χ4n) is 4.01. The lowest BCUT2D eigenvalue weighted by molar-refractivity contribution is -0.140. The predicted octanol–water partition coefficient (Wildman–Crippen LogP) is 3.34. The highest BCUT2D eigenvalue weighted by atomic mass is 16.2. The molecule has 20 heavy (non-hydrogen) atoms. The lowest BCUT2D eigenvalue weighted by Gasteiger charge is -2.41. The normalized spacial score (nSPS) is 27.2. The average Bonchev–Trinajstić information content (AvgIpc) is 3.00. The van der Waals surface area contributed by atoms with E-state index in [4.69, 9.17) is 0 Å². The lowest BCUT2D eigenvalue weighted by atomic mass is 9.90. The first-order chi connectivity index (χ1) is 9.77. The van der Waals surface area contributed by atoms with Crippen LogP contribution in [-0.2, 0) is 4.79 Å². The van der Waals surface area contributed by atoms with Crippen molar-refractivity contribution in [3.05, 3.63) is 0 Å². The van der Waals surface area contributed by atoms with Gasteiger partial charge in [-0.2, -0.15) is 0 Å². The van der Waals surface area contributed by atoms with Crippen LogP contribution in [0.15, 0.2) is 0 Å². The summed E-state index contributed by atoms with van der Waals surface area (Å²) in [4.78, 5) is 15.2. The van der Waals surface area contributed by atoms with Crippen LogP contribution in [0.3, 0.4) is 0 Å². The number of carbonyl (C=O) groups is 1. The molecule has 0 spiro atoms. The summed E-state index contributed by atoms with van der Waals surface area (Å²) in [5, 5.41) is 3.62. The highest BCUT2D eigenvalue weighted by Gasteiger charge is 2.36. The number of rotatable bonds is 6. The number of nitrogens with zero attached hydrogens (tertiary/aromatic N) is 1. The van der Waals surface area contributed by atoms with E-state index in [9.17, 15) is 4.79 Å². The van der Waals surface area contributed by atoms with E-state index in [1.54, 1.807) is 0 Å². The molecule has 2 aliphatic rings. The number of carbonyl (C=O) groups excluding carboxylic acids is 1. The number of hydrogen-bond donors (Lipinski definition) is 1. The van der Waals surface area contributed by atoms with Crippen LogP contribution in [0.1, 0.15) is 71.6 Å². The van der Waals surface area contributed by atoms with Crippen molar-refractivity contribution in [2.24, 2.45) is 5.92 Å². The maximum atomic E-state index is 12.9. The first-order valence-corrected chi connectivity index (χ1v) is 8.81. The van der Waals surface area contributed by atoms with Crippen molar-refractivity contribution in [1.29, 1.82) is 0 Å². The smallest absolute Gasteiger partial charge is 0.225 e. The molecule has 0 aliphatic carbocycles. The van der Waals surface area contributed by atoms with E-state index in [1.807, 2.05) is 0 Å². The summed E-state index contributed by atoms with van der Waals surface area (Å²) in [6, 6.07) is 1.03. The maximum Gasteiger partial charge on any atom is 0.225 e. The summed E-state index contributed by atoms with van der Waals surface area (Å²) >= 11 is 0. The second kappa shape index (κ2) is 8.02. The Kier molecular flexibility index (Phi) is 6.34. The largest absolute Gasteiger partial charge is 0.338 e. The van der Waals surface area contributed by atoms with Crippen molar-refractivity contribution in [2.75, 3.05) is 13.1 Å². The van der Waals surface area contributed by atoms with Crippen molar-refractivity contribution in [2.45, 2.75) is 83.7 Å². The summed E-state index contributed by atoms with van der Waals surface area (Å²) in [5.41, 5.74) is 0. The van der Waals surface area contributed by atoms with E-state index in [0.717, 1.165) is 38.8 Å². The van der Waals surface area contributed by atoms with Gasteiger partial charge in [-0.1, -0.05) is 26.7 Å². The molecule has 3 nitrogen and oxygen atoms in total. The molecule has 0 aromatic heterocycles.